The summed E-state index contributed by atoms with van der Waals surface area (Å²) >= 11 is 0. The van der Waals surface area contributed by atoms with Gasteiger partial charge >= 0.3 is 5.97 Å². The first-order chi connectivity index (χ1) is 7.11. The number of ether oxygens (including phenoxy) is 2. The van der Waals surface area contributed by atoms with E-state index in [1.807, 2.05) is 19.1 Å². The second-order valence-corrected chi connectivity index (χ2v) is 3.34. The number of carbonyl (C=O) groups excluding carboxylic acids is 1. The van der Waals surface area contributed by atoms with Crippen LogP contribution in [-0.2, 0) is 14.3 Å². The molecular weight excluding hydrogens is 192 g/mol. The predicted molar refractivity (Wildman–Crippen MR) is 59.2 cm³/mol. The van der Waals surface area contributed by atoms with Crippen molar-refractivity contribution in [2.24, 2.45) is 5.92 Å². The zero-order valence-corrected chi connectivity index (χ0v) is 9.74. The molecule has 0 aromatic heterocycles. The molecule has 1 unspecified atom stereocenters. The molecule has 0 aromatic rings. The first-order valence-electron chi connectivity index (χ1n) is 4.93. The average Bonchev–Trinajstić information content (AvgIpc) is 2.21. The van der Waals surface area contributed by atoms with Crippen molar-refractivity contribution in [1.29, 1.82) is 0 Å². The fraction of sp³-hybridized carbons (Fsp3) is 0.583. The number of hydrogen-bond acceptors (Lipinski definition) is 3. The highest BCUT2D eigenvalue weighted by Crippen LogP contribution is 2.07. The Kier molecular flexibility index (Phi) is 7.39. The van der Waals surface area contributed by atoms with E-state index in [2.05, 4.69) is 30.4 Å². The summed E-state index contributed by atoms with van der Waals surface area (Å²) in [7, 11) is 1.30. The molecule has 0 aromatic carbocycles. The van der Waals surface area contributed by atoms with Gasteiger partial charge in [-0.1, -0.05) is 31.9 Å². The smallest absolute Gasteiger partial charge is 0.384 e. The number of methoxy groups -OCH3 is 1. The Morgan fingerprint density at radius 3 is 2.60 bits per heavy atom. The third kappa shape index (κ3) is 6.75. The lowest BCUT2D eigenvalue weighted by Gasteiger charge is -2.15. The van der Waals surface area contributed by atoms with Crippen molar-refractivity contribution in [1.82, 2.24) is 0 Å². The van der Waals surface area contributed by atoms with Crippen molar-refractivity contribution in [3.63, 3.8) is 0 Å². The van der Waals surface area contributed by atoms with E-state index in [0.29, 0.717) is 5.92 Å². The molecule has 0 aliphatic rings. The molecule has 3 heteroatoms. The molecule has 0 rings (SSSR count). The van der Waals surface area contributed by atoms with Gasteiger partial charge in [-0.05, 0) is 12.8 Å². The topological polar surface area (TPSA) is 35.5 Å². The molecule has 3 nitrogen and oxygen atoms in total. The van der Waals surface area contributed by atoms with Gasteiger partial charge in [0.05, 0.1) is 13.2 Å². The number of hydrogen-bond donors (Lipinski definition) is 0. The van der Waals surface area contributed by atoms with E-state index in [4.69, 9.17) is 4.74 Å². The summed E-state index contributed by atoms with van der Waals surface area (Å²) in [5.41, 5.74) is 0. The average molecular weight is 210 g/mol. The van der Waals surface area contributed by atoms with E-state index in [9.17, 15) is 4.79 Å². The number of rotatable bonds is 4. The van der Waals surface area contributed by atoms with Gasteiger partial charge in [0, 0.05) is 5.92 Å². The standard InChI is InChI=1S/C12H18O3/c1-5-7-11(10(2)3)15-9-6-8-12(13)14-4/h5,7,10-11H,9H2,1-4H3. The zero-order valence-electron chi connectivity index (χ0n) is 9.74. The first-order valence-corrected chi connectivity index (χ1v) is 4.93. The SMILES string of the molecule is CC=CC(OCC#CC(=O)OC)C(C)C. The Morgan fingerprint density at radius 2 is 2.13 bits per heavy atom. The summed E-state index contributed by atoms with van der Waals surface area (Å²) < 4.78 is 9.84. The highest BCUT2D eigenvalue weighted by atomic mass is 16.5. The van der Waals surface area contributed by atoms with Crippen molar-refractivity contribution >= 4 is 5.97 Å². The molecule has 0 spiro atoms. The van der Waals surface area contributed by atoms with Crippen LogP contribution in [0.5, 0.6) is 0 Å². The molecule has 0 saturated carbocycles. The third-order valence-corrected chi connectivity index (χ3v) is 1.76. The summed E-state index contributed by atoms with van der Waals surface area (Å²) in [6, 6.07) is 0. The van der Waals surface area contributed by atoms with E-state index in [1.54, 1.807) is 0 Å². The summed E-state index contributed by atoms with van der Waals surface area (Å²) in [4.78, 5) is 10.7. The van der Waals surface area contributed by atoms with Crippen molar-refractivity contribution in [3.05, 3.63) is 12.2 Å². The van der Waals surface area contributed by atoms with E-state index in [1.165, 1.54) is 7.11 Å². The maximum Gasteiger partial charge on any atom is 0.384 e. The van der Waals surface area contributed by atoms with E-state index in [-0.39, 0.29) is 12.7 Å². The van der Waals surface area contributed by atoms with E-state index in [0.717, 1.165) is 0 Å². The van der Waals surface area contributed by atoms with Crippen molar-refractivity contribution in [2.75, 3.05) is 13.7 Å². The molecule has 0 aliphatic heterocycles. The predicted octanol–water partition coefficient (Wildman–Crippen LogP) is 1.78. The van der Waals surface area contributed by atoms with Crippen LogP contribution in [0.4, 0.5) is 0 Å². The Hall–Kier alpha value is -1.27. The Bertz CT molecular complexity index is 268. The van der Waals surface area contributed by atoms with Gasteiger partial charge in [-0.3, -0.25) is 0 Å². The number of allylic oxidation sites excluding steroid dienone is 1. The molecule has 0 aliphatic carbocycles. The third-order valence-electron chi connectivity index (χ3n) is 1.76. The molecule has 15 heavy (non-hydrogen) atoms. The largest absolute Gasteiger partial charge is 0.459 e. The first kappa shape index (κ1) is 13.7. The molecule has 0 fully saturated rings. The highest BCUT2D eigenvalue weighted by molar-refractivity contribution is 5.88. The molecular formula is C12H18O3. The molecule has 0 radical (unpaired) electrons. The normalized spacial score (nSPS) is 12.3. The van der Waals surface area contributed by atoms with Crippen molar-refractivity contribution < 1.29 is 14.3 Å². The number of carbonyl (C=O) groups is 1. The van der Waals surface area contributed by atoms with Gasteiger partial charge in [0.2, 0.25) is 0 Å². The molecule has 1 atom stereocenters. The van der Waals surface area contributed by atoms with Gasteiger partial charge in [0.15, 0.2) is 0 Å². The van der Waals surface area contributed by atoms with E-state index < -0.39 is 5.97 Å². The van der Waals surface area contributed by atoms with Gasteiger partial charge < -0.3 is 9.47 Å². The van der Waals surface area contributed by atoms with Crippen LogP contribution in [0.15, 0.2) is 12.2 Å². The van der Waals surface area contributed by atoms with Crippen LogP contribution in [0.2, 0.25) is 0 Å². The van der Waals surface area contributed by atoms with Gasteiger partial charge in [-0.2, -0.15) is 0 Å². The molecule has 84 valence electrons. The maximum atomic E-state index is 10.7. The zero-order chi connectivity index (χ0) is 11.7. The molecule has 0 bridgehead atoms. The molecule has 0 amide bonds. The lowest BCUT2D eigenvalue weighted by Crippen LogP contribution is -2.17. The lowest BCUT2D eigenvalue weighted by atomic mass is 10.1. The van der Waals surface area contributed by atoms with Crippen LogP contribution >= 0.6 is 0 Å². The minimum atomic E-state index is -0.536. The van der Waals surface area contributed by atoms with Crippen LogP contribution < -0.4 is 0 Å². The quantitative estimate of drug-likeness (QED) is 0.307. The van der Waals surface area contributed by atoms with Crippen LogP contribution in [0.25, 0.3) is 0 Å². The minimum absolute atomic E-state index is 0.0435. The molecule has 0 N–H and O–H groups in total. The minimum Gasteiger partial charge on any atom is -0.459 e. The summed E-state index contributed by atoms with van der Waals surface area (Å²) in [6.45, 7) is 6.32. The van der Waals surface area contributed by atoms with Gasteiger partial charge in [-0.25, -0.2) is 4.79 Å². The Balaban J connectivity index is 3.99. The van der Waals surface area contributed by atoms with Gasteiger partial charge in [0.1, 0.15) is 6.61 Å². The van der Waals surface area contributed by atoms with E-state index >= 15 is 0 Å². The van der Waals surface area contributed by atoms with Crippen LogP contribution in [0.1, 0.15) is 20.8 Å². The van der Waals surface area contributed by atoms with Crippen molar-refractivity contribution in [2.45, 2.75) is 26.9 Å². The molecule has 0 saturated heterocycles. The van der Waals surface area contributed by atoms with Gasteiger partial charge in [-0.15, -0.1) is 0 Å². The van der Waals surface area contributed by atoms with Crippen LogP contribution in [-0.4, -0.2) is 25.8 Å². The second kappa shape index (κ2) is 8.07. The fourth-order valence-corrected chi connectivity index (χ4v) is 0.957. The lowest BCUT2D eigenvalue weighted by molar-refractivity contribution is -0.133. The maximum absolute atomic E-state index is 10.7. The van der Waals surface area contributed by atoms with Gasteiger partial charge in [0.25, 0.3) is 0 Å². The summed E-state index contributed by atoms with van der Waals surface area (Å²) in [5, 5.41) is 0. The second-order valence-electron chi connectivity index (χ2n) is 3.34. The van der Waals surface area contributed by atoms with Crippen LogP contribution in [0.3, 0.4) is 0 Å². The molecule has 0 heterocycles. The van der Waals surface area contributed by atoms with Crippen LogP contribution in [0, 0.1) is 17.8 Å². The summed E-state index contributed by atoms with van der Waals surface area (Å²) in [5.74, 6) is 4.76. The Morgan fingerprint density at radius 1 is 1.47 bits per heavy atom. The summed E-state index contributed by atoms with van der Waals surface area (Å²) in [6.07, 6.45) is 3.96. The highest BCUT2D eigenvalue weighted by Gasteiger charge is 2.08. The monoisotopic (exact) mass is 210 g/mol. The fourth-order valence-electron chi connectivity index (χ4n) is 0.957. The Labute approximate surface area is 91.5 Å². The number of esters is 1. The van der Waals surface area contributed by atoms with Crippen molar-refractivity contribution in [3.8, 4) is 11.8 Å².